The summed E-state index contributed by atoms with van der Waals surface area (Å²) in [6.07, 6.45) is 2.42. The highest BCUT2D eigenvalue weighted by molar-refractivity contribution is 7.16. The van der Waals surface area contributed by atoms with E-state index in [-0.39, 0.29) is 17.7 Å². The highest BCUT2D eigenvalue weighted by Crippen LogP contribution is 2.29. The van der Waals surface area contributed by atoms with Crippen LogP contribution in [0.3, 0.4) is 0 Å². The second-order valence-electron chi connectivity index (χ2n) is 6.68. The number of thiophene rings is 2. The predicted molar refractivity (Wildman–Crippen MR) is 104 cm³/mol. The summed E-state index contributed by atoms with van der Waals surface area (Å²) in [6.45, 7) is 6.58. The lowest BCUT2D eigenvalue weighted by molar-refractivity contribution is 0.0918. The molecule has 3 rings (SSSR count). The Morgan fingerprint density at radius 2 is 1.96 bits per heavy atom. The SMILES string of the molecule is CC(=O)c1ccc(C(=O)NCC(c2cccs2)N2CCC(C)CC2)s1. The third kappa shape index (κ3) is 4.57. The average Bonchev–Trinajstić information content (AvgIpc) is 3.28. The quantitative estimate of drug-likeness (QED) is 0.768. The second-order valence-corrected chi connectivity index (χ2v) is 8.74. The summed E-state index contributed by atoms with van der Waals surface area (Å²) in [5.41, 5.74) is 0. The molecule has 1 amide bonds. The van der Waals surface area contributed by atoms with Gasteiger partial charge in [-0.2, -0.15) is 0 Å². The standard InChI is InChI=1S/C19H24N2O2S2/c1-13-7-9-21(10-8-13)15(17-4-3-11-24-17)12-20-19(23)18-6-5-16(25-18)14(2)22/h3-6,11,13,15H,7-10,12H2,1-2H3,(H,20,23). The van der Waals surface area contributed by atoms with E-state index in [9.17, 15) is 9.59 Å². The van der Waals surface area contributed by atoms with Gasteiger partial charge in [0.15, 0.2) is 5.78 Å². The molecule has 134 valence electrons. The minimum atomic E-state index is -0.0931. The molecule has 2 aromatic heterocycles. The van der Waals surface area contributed by atoms with Crippen molar-refractivity contribution in [1.82, 2.24) is 10.2 Å². The summed E-state index contributed by atoms with van der Waals surface area (Å²) in [5, 5.41) is 5.17. The van der Waals surface area contributed by atoms with Crippen molar-refractivity contribution in [2.45, 2.75) is 32.7 Å². The summed E-state index contributed by atoms with van der Waals surface area (Å²) >= 11 is 3.01. The number of Topliss-reactive ketones (excluding diaryl/α,β-unsaturated/α-hetero) is 1. The smallest absolute Gasteiger partial charge is 0.261 e. The molecule has 1 saturated heterocycles. The predicted octanol–water partition coefficient (Wildman–Crippen LogP) is 4.22. The first-order valence-electron chi connectivity index (χ1n) is 8.71. The van der Waals surface area contributed by atoms with E-state index < -0.39 is 0 Å². The van der Waals surface area contributed by atoms with Gasteiger partial charge >= 0.3 is 0 Å². The number of carbonyl (C=O) groups is 2. The third-order valence-corrected chi connectivity index (χ3v) is 6.92. The van der Waals surface area contributed by atoms with E-state index in [1.165, 1.54) is 36.0 Å². The van der Waals surface area contributed by atoms with Gasteiger partial charge in [-0.05, 0) is 62.4 Å². The molecule has 0 aromatic carbocycles. The van der Waals surface area contributed by atoms with Gasteiger partial charge in [0.1, 0.15) is 0 Å². The number of likely N-dealkylation sites (tertiary alicyclic amines) is 1. The first-order chi connectivity index (χ1) is 12.0. The van der Waals surface area contributed by atoms with E-state index in [1.54, 1.807) is 23.5 Å². The molecule has 3 heterocycles. The van der Waals surface area contributed by atoms with E-state index in [0.29, 0.717) is 16.3 Å². The van der Waals surface area contributed by atoms with Crippen LogP contribution in [-0.4, -0.2) is 36.2 Å². The molecule has 1 aliphatic rings. The number of carbonyl (C=O) groups excluding carboxylic acids is 2. The number of hydrogen-bond donors (Lipinski definition) is 1. The number of piperidine rings is 1. The van der Waals surface area contributed by atoms with Crippen molar-refractivity contribution in [2.24, 2.45) is 5.92 Å². The number of ketones is 1. The van der Waals surface area contributed by atoms with Crippen LogP contribution in [0.1, 0.15) is 57.0 Å². The molecule has 0 radical (unpaired) electrons. The van der Waals surface area contributed by atoms with Crippen molar-refractivity contribution in [1.29, 1.82) is 0 Å². The fourth-order valence-electron chi connectivity index (χ4n) is 3.16. The molecule has 0 saturated carbocycles. The molecular weight excluding hydrogens is 352 g/mol. The van der Waals surface area contributed by atoms with Crippen molar-refractivity contribution < 1.29 is 9.59 Å². The molecule has 6 heteroatoms. The van der Waals surface area contributed by atoms with Gasteiger partial charge in [0.2, 0.25) is 0 Å². The summed E-state index contributed by atoms with van der Waals surface area (Å²) in [6, 6.07) is 7.91. The molecule has 0 spiro atoms. The molecule has 1 unspecified atom stereocenters. The zero-order valence-electron chi connectivity index (χ0n) is 14.7. The van der Waals surface area contributed by atoms with E-state index in [1.807, 2.05) is 0 Å². The maximum absolute atomic E-state index is 12.5. The van der Waals surface area contributed by atoms with Crippen molar-refractivity contribution in [2.75, 3.05) is 19.6 Å². The van der Waals surface area contributed by atoms with Gasteiger partial charge in [-0.3, -0.25) is 14.5 Å². The summed E-state index contributed by atoms with van der Waals surface area (Å²) in [5.74, 6) is 0.693. The van der Waals surface area contributed by atoms with Crippen molar-refractivity contribution in [3.05, 3.63) is 44.3 Å². The lowest BCUT2D eigenvalue weighted by Crippen LogP contribution is -2.41. The van der Waals surface area contributed by atoms with Crippen LogP contribution >= 0.6 is 22.7 Å². The molecular formula is C19H24N2O2S2. The molecule has 4 nitrogen and oxygen atoms in total. The zero-order valence-corrected chi connectivity index (χ0v) is 16.3. The lowest BCUT2D eigenvalue weighted by Gasteiger charge is -2.36. The first-order valence-corrected chi connectivity index (χ1v) is 10.4. The van der Waals surface area contributed by atoms with Crippen molar-refractivity contribution >= 4 is 34.4 Å². The minimum absolute atomic E-state index is 0.00273. The fraction of sp³-hybridized carbons (Fsp3) is 0.474. The zero-order chi connectivity index (χ0) is 17.8. The fourth-order valence-corrected chi connectivity index (χ4v) is 4.83. The van der Waals surface area contributed by atoms with Gasteiger partial charge in [0.25, 0.3) is 5.91 Å². The Morgan fingerprint density at radius 3 is 2.56 bits per heavy atom. The topological polar surface area (TPSA) is 49.4 Å². The molecule has 1 atom stereocenters. The van der Waals surface area contributed by atoms with E-state index in [2.05, 4.69) is 34.7 Å². The number of nitrogens with one attached hydrogen (secondary N) is 1. The van der Waals surface area contributed by atoms with Crippen LogP contribution in [0.4, 0.5) is 0 Å². The Hall–Kier alpha value is -1.50. The minimum Gasteiger partial charge on any atom is -0.349 e. The maximum Gasteiger partial charge on any atom is 0.261 e. The third-order valence-electron chi connectivity index (χ3n) is 4.76. The van der Waals surface area contributed by atoms with E-state index in [0.717, 1.165) is 19.0 Å². The van der Waals surface area contributed by atoms with E-state index in [4.69, 9.17) is 0 Å². The van der Waals surface area contributed by atoms with Gasteiger partial charge in [0, 0.05) is 11.4 Å². The molecule has 1 fully saturated rings. The number of amides is 1. The Kier molecular flexibility index (Phi) is 6.04. The van der Waals surface area contributed by atoms with Crippen LogP contribution in [0.5, 0.6) is 0 Å². The molecule has 1 aliphatic heterocycles. The molecule has 2 aromatic rings. The number of rotatable bonds is 6. The van der Waals surface area contributed by atoms with Gasteiger partial charge in [0.05, 0.1) is 15.8 Å². The summed E-state index contributed by atoms with van der Waals surface area (Å²) in [4.78, 5) is 28.9. The molecule has 25 heavy (non-hydrogen) atoms. The van der Waals surface area contributed by atoms with Crippen LogP contribution in [0.2, 0.25) is 0 Å². The number of hydrogen-bond acceptors (Lipinski definition) is 5. The summed E-state index contributed by atoms with van der Waals surface area (Å²) < 4.78 is 0. The Bertz CT molecular complexity index is 716. The van der Waals surface area contributed by atoms with Gasteiger partial charge in [-0.25, -0.2) is 0 Å². The normalized spacial score (nSPS) is 17.4. The monoisotopic (exact) mass is 376 g/mol. The highest BCUT2D eigenvalue weighted by Gasteiger charge is 2.26. The van der Waals surface area contributed by atoms with Crippen molar-refractivity contribution in [3.63, 3.8) is 0 Å². The maximum atomic E-state index is 12.5. The highest BCUT2D eigenvalue weighted by atomic mass is 32.1. The molecule has 0 bridgehead atoms. The molecule has 1 N–H and O–H groups in total. The van der Waals surface area contributed by atoms with Gasteiger partial charge < -0.3 is 5.32 Å². The van der Waals surface area contributed by atoms with Crippen LogP contribution in [-0.2, 0) is 0 Å². The van der Waals surface area contributed by atoms with E-state index >= 15 is 0 Å². The average molecular weight is 377 g/mol. The first kappa shape index (κ1) is 18.3. The van der Waals surface area contributed by atoms with Crippen LogP contribution in [0.15, 0.2) is 29.6 Å². The summed E-state index contributed by atoms with van der Waals surface area (Å²) in [7, 11) is 0. The Balaban J connectivity index is 1.66. The van der Waals surface area contributed by atoms with Crippen molar-refractivity contribution in [3.8, 4) is 0 Å². The number of nitrogens with zero attached hydrogens (tertiary/aromatic N) is 1. The Morgan fingerprint density at radius 1 is 1.24 bits per heavy atom. The Labute approximate surface area is 156 Å². The molecule has 0 aliphatic carbocycles. The lowest BCUT2D eigenvalue weighted by atomic mass is 9.97. The van der Waals surface area contributed by atoms with Gasteiger partial charge in [-0.1, -0.05) is 13.0 Å². The largest absolute Gasteiger partial charge is 0.349 e. The van der Waals surface area contributed by atoms with Crippen LogP contribution < -0.4 is 5.32 Å². The van der Waals surface area contributed by atoms with Gasteiger partial charge in [-0.15, -0.1) is 22.7 Å². The second kappa shape index (κ2) is 8.25. The van der Waals surface area contributed by atoms with Crippen LogP contribution in [0, 0.1) is 5.92 Å². The van der Waals surface area contributed by atoms with Crippen LogP contribution in [0.25, 0.3) is 0 Å².